The second-order valence-electron chi connectivity index (χ2n) is 8.99. The van der Waals surface area contributed by atoms with E-state index in [0.29, 0.717) is 35.8 Å². The highest BCUT2D eigenvalue weighted by molar-refractivity contribution is 8.01. The third-order valence-corrected chi connectivity index (χ3v) is 7.41. The zero-order valence-electron chi connectivity index (χ0n) is 19.2. The Morgan fingerprint density at radius 3 is 2.69 bits per heavy atom. The molecule has 9 nitrogen and oxygen atoms in total. The number of halogens is 1. The van der Waals surface area contributed by atoms with Gasteiger partial charge in [-0.25, -0.2) is 9.18 Å². The lowest BCUT2D eigenvalue weighted by atomic mass is 10.2. The molecule has 2 atom stereocenters. The number of anilines is 1. The number of pyridine rings is 1. The summed E-state index contributed by atoms with van der Waals surface area (Å²) < 4.78 is 20.6. The van der Waals surface area contributed by atoms with Crippen molar-refractivity contribution in [2.75, 3.05) is 18.4 Å². The molecule has 3 heterocycles. The minimum absolute atomic E-state index is 0.00196. The summed E-state index contributed by atoms with van der Waals surface area (Å²) in [5.74, 6) is -0.275. The SMILES string of the molecule is CC(=O)N[C@H]1CCN(C(=O)C2Cc3nccc(Oc4ccc(NC(=O)NC5CC5)cc4F)c3S2)C1. The standard InChI is InChI=1S/C24H26FN5O4S/c1-13(31)27-16-7-9-30(12-16)23(32)21-11-18-22(35-21)20(6-8-26-18)34-19-5-4-15(10-17(19)25)29-24(33)28-14-2-3-14/h4-6,8,10,14,16,21H,2-3,7,9,11-12H2,1H3,(H,27,31)(H2,28,29,33)/t16-,21?/m0/s1. The first kappa shape index (κ1) is 23.4. The number of rotatable bonds is 6. The number of ether oxygens (including phenoxy) is 1. The Hall–Kier alpha value is -3.34. The molecule has 35 heavy (non-hydrogen) atoms. The van der Waals surface area contributed by atoms with Gasteiger partial charge in [-0.2, -0.15) is 0 Å². The molecule has 5 rings (SSSR count). The number of benzene rings is 1. The molecule has 0 bridgehead atoms. The van der Waals surface area contributed by atoms with Gasteiger partial charge in [0.25, 0.3) is 0 Å². The Balaban J connectivity index is 1.23. The molecular weight excluding hydrogens is 473 g/mol. The Morgan fingerprint density at radius 2 is 1.94 bits per heavy atom. The van der Waals surface area contributed by atoms with Gasteiger partial charge in [-0.05, 0) is 31.4 Å². The Labute approximate surface area is 206 Å². The molecule has 2 aliphatic heterocycles. The van der Waals surface area contributed by atoms with Crippen molar-refractivity contribution in [3.8, 4) is 11.5 Å². The molecule has 1 unspecified atom stereocenters. The van der Waals surface area contributed by atoms with E-state index in [9.17, 15) is 18.8 Å². The third kappa shape index (κ3) is 5.50. The fraction of sp³-hybridized carbons (Fsp3) is 0.417. The zero-order valence-corrected chi connectivity index (χ0v) is 20.0. The number of fused-ring (bicyclic) bond motifs is 1. The predicted molar refractivity (Wildman–Crippen MR) is 128 cm³/mol. The number of urea groups is 1. The summed E-state index contributed by atoms with van der Waals surface area (Å²) in [6.07, 6.45) is 4.70. The highest BCUT2D eigenvalue weighted by atomic mass is 32.2. The number of hydrogen-bond donors (Lipinski definition) is 3. The molecule has 0 spiro atoms. The van der Waals surface area contributed by atoms with Crippen molar-refractivity contribution in [2.24, 2.45) is 0 Å². The van der Waals surface area contributed by atoms with Crippen molar-refractivity contribution in [3.05, 3.63) is 42.0 Å². The van der Waals surface area contributed by atoms with E-state index in [0.717, 1.165) is 25.0 Å². The van der Waals surface area contributed by atoms with Gasteiger partial charge in [0.2, 0.25) is 11.8 Å². The van der Waals surface area contributed by atoms with Crippen LogP contribution in [0.25, 0.3) is 0 Å². The first-order valence-corrected chi connectivity index (χ1v) is 12.5. The molecule has 1 aromatic carbocycles. The van der Waals surface area contributed by atoms with E-state index in [1.54, 1.807) is 23.2 Å². The number of amides is 4. The lowest BCUT2D eigenvalue weighted by molar-refractivity contribution is -0.129. The van der Waals surface area contributed by atoms with Gasteiger partial charge in [0.1, 0.15) is 5.75 Å². The van der Waals surface area contributed by atoms with Crippen molar-refractivity contribution in [3.63, 3.8) is 0 Å². The van der Waals surface area contributed by atoms with Crippen molar-refractivity contribution < 1.29 is 23.5 Å². The molecule has 3 N–H and O–H groups in total. The molecule has 1 saturated heterocycles. The van der Waals surface area contributed by atoms with E-state index >= 15 is 0 Å². The molecule has 11 heteroatoms. The highest BCUT2D eigenvalue weighted by Gasteiger charge is 2.37. The van der Waals surface area contributed by atoms with Crippen LogP contribution < -0.4 is 20.7 Å². The van der Waals surface area contributed by atoms with Crippen molar-refractivity contribution in [1.29, 1.82) is 0 Å². The Bertz CT molecular complexity index is 1170. The van der Waals surface area contributed by atoms with Crippen LogP contribution >= 0.6 is 11.8 Å². The molecule has 2 fully saturated rings. The normalized spacial score (nSPS) is 20.8. The van der Waals surface area contributed by atoms with E-state index in [1.807, 2.05) is 0 Å². The number of thioether (sulfide) groups is 1. The van der Waals surface area contributed by atoms with Crippen LogP contribution in [0.2, 0.25) is 0 Å². The van der Waals surface area contributed by atoms with Crippen LogP contribution in [0.5, 0.6) is 11.5 Å². The van der Waals surface area contributed by atoms with Gasteiger partial charge < -0.3 is 25.6 Å². The van der Waals surface area contributed by atoms with Gasteiger partial charge >= 0.3 is 6.03 Å². The van der Waals surface area contributed by atoms with E-state index in [4.69, 9.17) is 4.74 Å². The smallest absolute Gasteiger partial charge is 0.319 e. The number of nitrogens with one attached hydrogen (secondary N) is 3. The first-order chi connectivity index (χ1) is 16.9. The van der Waals surface area contributed by atoms with Crippen LogP contribution in [0.1, 0.15) is 31.9 Å². The topological polar surface area (TPSA) is 113 Å². The van der Waals surface area contributed by atoms with E-state index in [-0.39, 0.29) is 40.9 Å². The molecule has 1 aliphatic carbocycles. The lowest BCUT2D eigenvalue weighted by Crippen LogP contribution is -2.40. The van der Waals surface area contributed by atoms with Crippen molar-refractivity contribution in [1.82, 2.24) is 20.5 Å². The second-order valence-corrected chi connectivity index (χ2v) is 10.2. The summed E-state index contributed by atoms with van der Waals surface area (Å²) in [4.78, 5) is 43.2. The average molecular weight is 500 g/mol. The molecule has 0 radical (unpaired) electrons. The molecule has 1 saturated carbocycles. The minimum atomic E-state index is -0.614. The van der Waals surface area contributed by atoms with Gasteiger partial charge in [0.05, 0.1) is 15.8 Å². The monoisotopic (exact) mass is 499 g/mol. The number of carbonyl (C=O) groups excluding carboxylic acids is 3. The van der Waals surface area contributed by atoms with Crippen LogP contribution in [0.15, 0.2) is 35.4 Å². The number of hydrogen-bond acceptors (Lipinski definition) is 6. The van der Waals surface area contributed by atoms with Crippen LogP contribution in [0, 0.1) is 5.82 Å². The summed E-state index contributed by atoms with van der Waals surface area (Å²) >= 11 is 1.37. The van der Waals surface area contributed by atoms with Crippen LogP contribution in [0.3, 0.4) is 0 Å². The summed E-state index contributed by atoms with van der Waals surface area (Å²) in [5, 5.41) is 7.93. The fourth-order valence-electron chi connectivity index (χ4n) is 4.25. The minimum Gasteiger partial charge on any atom is -0.453 e. The summed E-state index contributed by atoms with van der Waals surface area (Å²) in [6, 6.07) is 5.71. The average Bonchev–Trinajstić information content (AvgIpc) is 3.31. The second kappa shape index (κ2) is 9.73. The van der Waals surface area contributed by atoms with Crippen molar-refractivity contribution in [2.45, 2.75) is 54.8 Å². The Kier molecular flexibility index (Phi) is 6.50. The van der Waals surface area contributed by atoms with Crippen molar-refractivity contribution >= 4 is 35.3 Å². The number of carbonyl (C=O) groups is 3. The maximum absolute atomic E-state index is 14.7. The fourth-order valence-corrected chi connectivity index (χ4v) is 5.52. The maximum atomic E-state index is 14.7. The number of nitrogens with zero attached hydrogens (tertiary/aromatic N) is 2. The van der Waals surface area contributed by atoms with Gasteiger partial charge in [-0.3, -0.25) is 14.6 Å². The molecule has 4 amide bonds. The van der Waals surface area contributed by atoms with E-state index < -0.39 is 5.82 Å². The zero-order chi connectivity index (χ0) is 24.5. The Morgan fingerprint density at radius 1 is 1.11 bits per heavy atom. The van der Waals surface area contributed by atoms with Gasteiger partial charge in [-0.1, -0.05) is 0 Å². The predicted octanol–water partition coefficient (Wildman–Crippen LogP) is 3.05. The number of likely N-dealkylation sites (tertiary alicyclic amines) is 1. The molecule has 184 valence electrons. The number of aromatic nitrogens is 1. The van der Waals surface area contributed by atoms with Crippen LogP contribution in [0.4, 0.5) is 14.9 Å². The van der Waals surface area contributed by atoms with Gasteiger partial charge in [-0.15, -0.1) is 11.8 Å². The van der Waals surface area contributed by atoms with E-state index in [2.05, 4.69) is 20.9 Å². The van der Waals surface area contributed by atoms with Gasteiger partial charge in [0.15, 0.2) is 11.6 Å². The molecular formula is C24H26FN5O4S. The first-order valence-electron chi connectivity index (χ1n) is 11.6. The third-order valence-electron chi connectivity index (χ3n) is 6.09. The van der Waals surface area contributed by atoms with Crippen LogP contribution in [-0.2, 0) is 16.0 Å². The highest BCUT2D eigenvalue weighted by Crippen LogP contribution is 2.44. The summed E-state index contributed by atoms with van der Waals surface area (Å²) in [7, 11) is 0. The van der Waals surface area contributed by atoms with Gasteiger partial charge in [0, 0.05) is 62.5 Å². The van der Waals surface area contributed by atoms with E-state index in [1.165, 1.54) is 30.8 Å². The summed E-state index contributed by atoms with van der Waals surface area (Å²) in [6.45, 7) is 2.56. The summed E-state index contributed by atoms with van der Waals surface area (Å²) in [5.41, 5.74) is 1.06. The van der Waals surface area contributed by atoms with Crippen LogP contribution in [-0.4, -0.2) is 58.2 Å². The molecule has 1 aromatic heterocycles. The largest absolute Gasteiger partial charge is 0.453 e. The maximum Gasteiger partial charge on any atom is 0.319 e. The lowest BCUT2D eigenvalue weighted by Gasteiger charge is -2.20. The quantitative estimate of drug-likeness (QED) is 0.563. The molecule has 2 aromatic rings. The molecule has 3 aliphatic rings.